The van der Waals surface area contributed by atoms with Crippen LogP contribution in [0, 0.1) is 0 Å². The second-order valence-corrected chi connectivity index (χ2v) is 8.12. The van der Waals surface area contributed by atoms with Crippen LogP contribution in [0.5, 0.6) is 0 Å². The van der Waals surface area contributed by atoms with E-state index in [9.17, 15) is 13.2 Å². The standard InChI is InChI=1S/C12H21N5O3S/c1-12(2,3)17-11(13-9-14-17)15-10(18)5-7-16-6-4-8-21(16,19)20/h9H,4-8H2,1-3H3,(H,13,14,15,18). The molecule has 0 bridgehead atoms. The highest BCUT2D eigenvalue weighted by Crippen LogP contribution is 2.17. The lowest BCUT2D eigenvalue weighted by molar-refractivity contribution is -0.116. The van der Waals surface area contributed by atoms with Gasteiger partial charge in [-0.3, -0.25) is 10.1 Å². The van der Waals surface area contributed by atoms with Crippen LogP contribution < -0.4 is 5.32 Å². The number of nitrogens with zero attached hydrogens (tertiary/aromatic N) is 4. The van der Waals surface area contributed by atoms with Crippen LogP contribution in [0.25, 0.3) is 0 Å². The molecule has 0 radical (unpaired) electrons. The van der Waals surface area contributed by atoms with Gasteiger partial charge in [-0.2, -0.15) is 10.1 Å². The second kappa shape index (κ2) is 5.72. The molecule has 0 aliphatic carbocycles. The SMILES string of the molecule is CC(C)(C)n1ncnc1NC(=O)CCN1CCCS1(=O)=O. The molecule has 0 unspecified atom stereocenters. The third kappa shape index (κ3) is 3.79. The van der Waals surface area contributed by atoms with E-state index < -0.39 is 10.0 Å². The van der Waals surface area contributed by atoms with Crippen molar-refractivity contribution in [2.75, 3.05) is 24.2 Å². The fraction of sp³-hybridized carbons (Fsp3) is 0.750. The molecule has 9 heteroatoms. The molecule has 0 spiro atoms. The van der Waals surface area contributed by atoms with Gasteiger partial charge in [-0.15, -0.1) is 0 Å². The highest BCUT2D eigenvalue weighted by atomic mass is 32.2. The predicted molar refractivity (Wildman–Crippen MR) is 78.2 cm³/mol. The summed E-state index contributed by atoms with van der Waals surface area (Å²) in [5.74, 6) is 0.278. The van der Waals surface area contributed by atoms with E-state index in [-0.39, 0.29) is 30.2 Å². The zero-order valence-corrected chi connectivity index (χ0v) is 13.4. The second-order valence-electron chi connectivity index (χ2n) is 6.03. The number of amides is 1. The van der Waals surface area contributed by atoms with Gasteiger partial charge in [0, 0.05) is 19.5 Å². The van der Waals surface area contributed by atoms with Crippen molar-refractivity contribution >= 4 is 21.9 Å². The smallest absolute Gasteiger partial charge is 0.228 e. The molecule has 1 fully saturated rings. The molecule has 1 aliphatic rings. The number of carbonyl (C=O) groups is 1. The van der Waals surface area contributed by atoms with Crippen LogP contribution in [0.15, 0.2) is 6.33 Å². The van der Waals surface area contributed by atoms with Gasteiger partial charge in [0.1, 0.15) is 6.33 Å². The number of anilines is 1. The largest absolute Gasteiger partial charge is 0.295 e. The number of carbonyl (C=O) groups excluding carboxylic acids is 1. The molecule has 1 aliphatic heterocycles. The summed E-state index contributed by atoms with van der Waals surface area (Å²) >= 11 is 0. The first kappa shape index (κ1) is 15.9. The molecule has 1 aromatic rings. The van der Waals surface area contributed by atoms with Crippen LogP contribution in [0.2, 0.25) is 0 Å². The summed E-state index contributed by atoms with van der Waals surface area (Å²) in [6.07, 6.45) is 2.12. The summed E-state index contributed by atoms with van der Waals surface area (Å²) in [5, 5.41) is 6.76. The zero-order valence-electron chi connectivity index (χ0n) is 12.5. The van der Waals surface area contributed by atoms with E-state index in [2.05, 4.69) is 15.4 Å². The summed E-state index contributed by atoms with van der Waals surface area (Å²) < 4.78 is 26.3. The van der Waals surface area contributed by atoms with E-state index in [0.29, 0.717) is 18.9 Å². The van der Waals surface area contributed by atoms with Gasteiger partial charge in [-0.1, -0.05) is 0 Å². The number of sulfonamides is 1. The number of rotatable bonds is 4. The summed E-state index contributed by atoms with van der Waals surface area (Å²) in [7, 11) is -3.16. The monoisotopic (exact) mass is 315 g/mol. The van der Waals surface area contributed by atoms with Crippen molar-refractivity contribution in [1.29, 1.82) is 0 Å². The minimum absolute atomic E-state index is 0.107. The molecule has 1 N–H and O–H groups in total. The van der Waals surface area contributed by atoms with Gasteiger partial charge >= 0.3 is 0 Å². The molecule has 0 aromatic carbocycles. The van der Waals surface area contributed by atoms with E-state index in [1.807, 2.05) is 20.8 Å². The van der Waals surface area contributed by atoms with Crippen LogP contribution in [0.1, 0.15) is 33.6 Å². The van der Waals surface area contributed by atoms with Crippen molar-refractivity contribution in [3.63, 3.8) is 0 Å². The molecule has 21 heavy (non-hydrogen) atoms. The maximum atomic E-state index is 11.9. The molecule has 8 nitrogen and oxygen atoms in total. The average Bonchev–Trinajstić information content (AvgIpc) is 2.92. The highest BCUT2D eigenvalue weighted by Gasteiger charge is 2.28. The minimum Gasteiger partial charge on any atom is -0.295 e. The Balaban J connectivity index is 1.93. The highest BCUT2D eigenvalue weighted by molar-refractivity contribution is 7.89. The molecular weight excluding hydrogens is 294 g/mol. The van der Waals surface area contributed by atoms with Crippen molar-refractivity contribution in [2.24, 2.45) is 0 Å². The third-order valence-electron chi connectivity index (χ3n) is 3.23. The van der Waals surface area contributed by atoms with E-state index in [1.54, 1.807) is 4.68 Å². The molecule has 2 heterocycles. The lowest BCUT2D eigenvalue weighted by atomic mass is 10.1. The lowest BCUT2D eigenvalue weighted by Crippen LogP contribution is -2.31. The van der Waals surface area contributed by atoms with Crippen molar-refractivity contribution in [2.45, 2.75) is 39.2 Å². The Bertz CT molecular complexity index is 617. The van der Waals surface area contributed by atoms with Gasteiger partial charge in [0.25, 0.3) is 0 Å². The molecule has 1 aromatic heterocycles. The Hall–Kier alpha value is -1.48. The van der Waals surface area contributed by atoms with E-state index in [1.165, 1.54) is 10.6 Å². The molecule has 0 saturated carbocycles. The Morgan fingerprint density at radius 2 is 2.14 bits per heavy atom. The van der Waals surface area contributed by atoms with Crippen molar-refractivity contribution in [3.8, 4) is 0 Å². The average molecular weight is 315 g/mol. The summed E-state index contributed by atoms with van der Waals surface area (Å²) in [6.45, 7) is 6.56. The maximum Gasteiger partial charge on any atom is 0.228 e. The van der Waals surface area contributed by atoms with Gasteiger partial charge in [-0.25, -0.2) is 17.4 Å². The van der Waals surface area contributed by atoms with Crippen molar-refractivity contribution < 1.29 is 13.2 Å². The molecule has 0 atom stereocenters. The molecule has 118 valence electrons. The minimum atomic E-state index is -3.16. The van der Waals surface area contributed by atoms with Crippen LogP contribution in [0.3, 0.4) is 0 Å². The van der Waals surface area contributed by atoms with Gasteiger partial charge in [-0.05, 0) is 27.2 Å². The maximum absolute atomic E-state index is 11.9. The first-order valence-electron chi connectivity index (χ1n) is 6.88. The Labute approximate surface area is 124 Å². The molecule has 2 rings (SSSR count). The van der Waals surface area contributed by atoms with Crippen LogP contribution in [0.4, 0.5) is 5.95 Å². The Morgan fingerprint density at radius 1 is 1.43 bits per heavy atom. The van der Waals surface area contributed by atoms with Crippen molar-refractivity contribution in [3.05, 3.63) is 6.33 Å². The molecule has 1 saturated heterocycles. The van der Waals surface area contributed by atoms with E-state index >= 15 is 0 Å². The van der Waals surface area contributed by atoms with Crippen LogP contribution in [-0.4, -0.2) is 52.2 Å². The molecule has 1 amide bonds. The zero-order chi connectivity index (χ0) is 15.7. The lowest BCUT2D eigenvalue weighted by Gasteiger charge is -2.21. The number of nitrogens with one attached hydrogen (secondary N) is 1. The van der Waals surface area contributed by atoms with Gasteiger partial charge in [0.05, 0.1) is 11.3 Å². The summed E-state index contributed by atoms with van der Waals surface area (Å²) in [5.41, 5.74) is -0.294. The first-order valence-corrected chi connectivity index (χ1v) is 8.49. The summed E-state index contributed by atoms with van der Waals surface area (Å²) in [6, 6.07) is 0. The fourth-order valence-corrected chi connectivity index (χ4v) is 3.70. The summed E-state index contributed by atoms with van der Waals surface area (Å²) in [4.78, 5) is 16.0. The quantitative estimate of drug-likeness (QED) is 0.867. The van der Waals surface area contributed by atoms with Crippen molar-refractivity contribution in [1.82, 2.24) is 19.1 Å². The van der Waals surface area contributed by atoms with E-state index in [4.69, 9.17) is 0 Å². The molecular formula is C12H21N5O3S. The topological polar surface area (TPSA) is 97.2 Å². The van der Waals surface area contributed by atoms with Crippen LogP contribution >= 0.6 is 0 Å². The van der Waals surface area contributed by atoms with E-state index in [0.717, 1.165) is 0 Å². The number of hydrogen-bond acceptors (Lipinski definition) is 5. The fourth-order valence-electron chi connectivity index (χ4n) is 2.17. The van der Waals surface area contributed by atoms with Gasteiger partial charge in [0.2, 0.25) is 21.9 Å². The normalized spacial score (nSPS) is 18.8. The predicted octanol–water partition coefficient (Wildman–Crippen LogP) is 0.397. The number of aromatic nitrogens is 3. The Morgan fingerprint density at radius 3 is 2.71 bits per heavy atom. The van der Waals surface area contributed by atoms with Gasteiger partial charge < -0.3 is 0 Å². The first-order chi connectivity index (χ1) is 9.70. The third-order valence-corrected chi connectivity index (χ3v) is 5.18. The number of hydrogen-bond donors (Lipinski definition) is 1. The van der Waals surface area contributed by atoms with Gasteiger partial charge in [0.15, 0.2) is 0 Å². The van der Waals surface area contributed by atoms with Crippen LogP contribution in [-0.2, 0) is 20.4 Å². The Kier molecular flexibility index (Phi) is 4.33.